The maximum absolute atomic E-state index is 13.4. The average molecular weight is 326 g/mol. The molecule has 0 aromatic heterocycles. The Kier molecular flexibility index (Phi) is 4.98. The Morgan fingerprint density at radius 1 is 1.23 bits per heavy atom. The van der Waals surface area contributed by atoms with Gasteiger partial charge in [0.1, 0.15) is 17.4 Å². The normalized spacial score (nSPS) is 11.9. The van der Waals surface area contributed by atoms with Gasteiger partial charge in [-0.1, -0.05) is 17.7 Å². The van der Waals surface area contributed by atoms with E-state index in [4.69, 9.17) is 16.3 Å². The van der Waals surface area contributed by atoms with Gasteiger partial charge in [0, 0.05) is 5.69 Å². The fraction of sp³-hybridized carbons (Fsp3) is 0.188. The lowest BCUT2D eigenvalue weighted by Crippen LogP contribution is -2.30. The van der Waals surface area contributed by atoms with Crippen molar-refractivity contribution >= 4 is 23.2 Å². The number of aryl methyl sites for hydroxylation is 1. The van der Waals surface area contributed by atoms with Crippen LogP contribution in [-0.2, 0) is 4.79 Å². The standard InChI is InChI=1S/C16H14ClF2NO2/c1-9-3-5-12(8-14(9)19)20-16(21)10(2)22-15-6-4-11(18)7-13(15)17/h3-8,10H,1-2H3,(H,20,21)/t10-/m1/s1. The van der Waals surface area contributed by atoms with E-state index in [0.29, 0.717) is 11.3 Å². The fourth-order valence-electron chi connectivity index (χ4n) is 1.73. The lowest BCUT2D eigenvalue weighted by Gasteiger charge is -2.16. The number of hydrogen-bond acceptors (Lipinski definition) is 2. The molecule has 0 heterocycles. The molecule has 0 saturated heterocycles. The zero-order valence-corrected chi connectivity index (χ0v) is 12.7. The molecule has 0 fully saturated rings. The molecule has 2 aromatic rings. The molecule has 1 amide bonds. The lowest BCUT2D eigenvalue weighted by atomic mass is 10.2. The Balaban J connectivity index is 2.04. The van der Waals surface area contributed by atoms with E-state index >= 15 is 0 Å². The third kappa shape index (κ3) is 3.95. The second-order valence-electron chi connectivity index (χ2n) is 4.79. The number of amides is 1. The summed E-state index contributed by atoms with van der Waals surface area (Å²) in [6, 6.07) is 8.00. The van der Waals surface area contributed by atoms with E-state index < -0.39 is 23.6 Å². The molecule has 0 spiro atoms. The van der Waals surface area contributed by atoms with Crippen molar-refractivity contribution in [1.82, 2.24) is 0 Å². The van der Waals surface area contributed by atoms with Crippen molar-refractivity contribution in [2.24, 2.45) is 0 Å². The van der Waals surface area contributed by atoms with Gasteiger partial charge in [-0.3, -0.25) is 4.79 Å². The van der Waals surface area contributed by atoms with Gasteiger partial charge in [0.25, 0.3) is 5.91 Å². The van der Waals surface area contributed by atoms with E-state index in [2.05, 4.69) is 5.32 Å². The van der Waals surface area contributed by atoms with Gasteiger partial charge in [-0.25, -0.2) is 8.78 Å². The van der Waals surface area contributed by atoms with Crippen LogP contribution in [0.25, 0.3) is 0 Å². The second-order valence-corrected chi connectivity index (χ2v) is 5.20. The van der Waals surface area contributed by atoms with Crippen LogP contribution >= 0.6 is 11.6 Å². The van der Waals surface area contributed by atoms with Crippen LogP contribution in [0.2, 0.25) is 5.02 Å². The predicted molar refractivity (Wildman–Crippen MR) is 81.3 cm³/mol. The third-order valence-corrected chi connectivity index (χ3v) is 3.30. The highest BCUT2D eigenvalue weighted by molar-refractivity contribution is 6.32. The zero-order chi connectivity index (χ0) is 16.3. The molecule has 0 saturated carbocycles. The van der Waals surface area contributed by atoms with Gasteiger partial charge < -0.3 is 10.1 Å². The molecular weight excluding hydrogens is 312 g/mol. The largest absolute Gasteiger partial charge is 0.479 e. The van der Waals surface area contributed by atoms with E-state index in [-0.39, 0.29) is 10.8 Å². The molecular formula is C16H14ClF2NO2. The molecule has 1 N–H and O–H groups in total. The molecule has 116 valence electrons. The molecule has 0 bridgehead atoms. The number of carbonyl (C=O) groups excluding carboxylic acids is 1. The summed E-state index contributed by atoms with van der Waals surface area (Å²) in [5.74, 6) is -1.18. The van der Waals surface area contributed by atoms with Gasteiger partial charge in [-0.05, 0) is 49.7 Å². The van der Waals surface area contributed by atoms with Crippen molar-refractivity contribution in [3.05, 3.63) is 58.6 Å². The minimum absolute atomic E-state index is 0.0704. The Morgan fingerprint density at radius 3 is 2.59 bits per heavy atom. The molecule has 22 heavy (non-hydrogen) atoms. The first-order valence-electron chi connectivity index (χ1n) is 6.55. The minimum Gasteiger partial charge on any atom is -0.479 e. The van der Waals surface area contributed by atoms with Gasteiger partial charge in [0.2, 0.25) is 0 Å². The Labute approximate surface area is 131 Å². The van der Waals surface area contributed by atoms with Gasteiger partial charge >= 0.3 is 0 Å². The number of halogens is 3. The minimum atomic E-state index is -0.882. The first kappa shape index (κ1) is 16.2. The number of benzene rings is 2. The summed E-state index contributed by atoms with van der Waals surface area (Å²) in [6.07, 6.45) is -0.882. The fourth-order valence-corrected chi connectivity index (χ4v) is 1.94. The highest BCUT2D eigenvalue weighted by Gasteiger charge is 2.17. The zero-order valence-electron chi connectivity index (χ0n) is 12.0. The van der Waals surface area contributed by atoms with Crippen molar-refractivity contribution in [3.63, 3.8) is 0 Å². The lowest BCUT2D eigenvalue weighted by molar-refractivity contribution is -0.122. The van der Waals surface area contributed by atoms with E-state index in [1.165, 1.54) is 25.1 Å². The summed E-state index contributed by atoms with van der Waals surface area (Å²) in [5.41, 5.74) is 0.814. The topological polar surface area (TPSA) is 38.3 Å². The van der Waals surface area contributed by atoms with Crippen LogP contribution < -0.4 is 10.1 Å². The van der Waals surface area contributed by atoms with Crippen molar-refractivity contribution in [3.8, 4) is 5.75 Å². The van der Waals surface area contributed by atoms with E-state index in [0.717, 1.165) is 6.07 Å². The van der Waals surface area contributed by atoms with Crippen LogP contribution in [-0.4, -0.2) is 12.0 Å². The quantitative estimate of drug-likeness (QED) is 0.908. The maximum Gasteiger partial charge on any atom is 0.265 e. The first-order chi connectivity index (χ1) is 10.4. The maximum atomic E-state index is 13.4. The summed E-state index contributed by atoms with van der Waals surface area (Å²) in [4.78, 5) is 12.0. The number of ether oxygens (including phenoxy) is 1. The summed E-state index contributed by atoms with van der Waals surface area (Å²) in [6.45, 7) is 3.14. The van der Waals surface area contributed by atoms with Crippen LogP contribution in [0.1, 0.15) is 12.5 Å². The summed E-state index contributed by atoms with van der Waals surface area (Å²) in [5, 5.41) is 2.61. The molecule has 2 rings (SSSR count). The number of rotatable bonds is 4. The average Bonchev–Trinajstić information content (AvgIpc) is 2.45. The SMILES string of the molecule is Cc1ccc(NC(=O)[C@@H](C)Oc2ccc(F)cc2Cl)cc1F. The van der Waals surface area contributed by atoms with E-state index in [1.807, 2.05) is 0 Å². The number of anilines is 1. The monoisotopic (exact) mass is 325 g/mol. The molecule has 2 aromatic carbocycles. The molecule has 0 unspecified atom stereocenters. The second kappa shape index (κ2) is 6.75. The van der Waals surface area contributed by atoms with Gasteiger partial charge in [0.15, 0.2) is 6.10 Å². The Bertz CT molecular complexity index is 707. The number of hydrogen-bond donors (Lipinski definition) is 1. The highest BCUT2D eigenvalue weighted by atomic mass is 35.5. The van der Waals surface area contributed by atoms with Crippen molar-refractivity contribution in [1.29, 1.82) is 0 Å². The van der Waals surface area contributed by atoms with Crippen molar-refractivity contribution < 1.29 is 18.3 Å². The summed E-state index contributed by atoms with van der Waals surface area (Å²) in [7, 11) is 0. The number of carbonyl (C=O) groups is 1. The molecule has 0 aliphatic carbocycles. The van der Waals surface area contributed by atoms with Crippen molar-refractivity contribution in [2.45, 2.75) is 20.0 Å². The summed E-state index contributed by atoms with van der Waals surface area (Å²) >= 11 is 5.83. The van der Waals surface area contributed by atoms with Crippen LogP contribution in [0.5, 0.6) is 5.75 Å². The van der Waals surface area contributed by atoms with Gasteiger partial charge in [0.05, 0.1) is 5.02 Å². The van der Waals surface area contributed by atoms with Crippen LogP contribution in [0, 0.1) is 18.6 Å². The molecule has 1 atom stereocenters. The Hall–Kier alpha value is -2.14. The summed E-state index contributed by atoms with van der Waals surface area (Å²) < 4.78 is 31.8. The molecule has 0 aliphatic heterocycles. The molecule has 6 heteroatoms. The smallest absolute Gasteiger partial charge is 0.265 e. The highest BCUT2D eigenvalue weighted by Crippen LogP contribution is 2.26. The first-order valence-corrected chi connectivity index (χ1v) is 6.93. The predicted octanol–water partition coefficient (Wildman–Crippen LogP) is 4.33. The van der Waals surface area contributed by atoms with Crippen LogP contribution in [0.3, 0.4) is 0 Å². The van der Waals surface area contributed by atoms with Gasteiger partial charge in [-0.2, -0.15) is 0 Å². The van der Waals surface area contributed by atoms with Gasteiger partial charge in [-0.15, -0.1) is 0 Å². The molecule has 0 radical (unpaired) electrons. The Morgan fingerprint density at radius 2 is 1.95 bits per heavy atom. The number of nitrogens with one attached hydrogen (secondary N) is 1. The van der Waals surface area contributed by atoms with E-state index in [1.54, 1.807) is 19.1 Å². The van der Waals surface area contributed by atoms with E-state index in [9.17, 15) is 13.6 Å². The van der Waals surface area contributed by atoms with Crippen molar-refractivity contribution in [2.75, 3.05) is 5.32 Å². The third-order valence-electron chi connectivity index (χ3n) is 3.01. The van der Waals surface area contributed by atoms with Crippen LogP contribution in [0.4, 0.5) is 14.5 Å². The molecule has 0 aliphatic rings. The molecule has 3 nitrogen and oxygen atoms in total. The van der Waals surface area contributed by atoms with Crippen LogP contribution in [0.15, 0.2) is 36.4 Å².